The van der Waals surface area contributed by atoms with Crippen LogP contribution in [0, 0.1) is 11.3 Å². The first-order valence-electron chi connectivity index (χ1n) is 4.54. The number of rotatable bonds is 2. The van der Waals surface area contributed by atoms with Gasteiger partial charge in [0, 0.05) is 11.6 Å². The molecule has 2 rings (SSSR count). The van der Waals surface area contributed by atoms with E-state index in [2.05, 4.69) is 5.10 Å². The van der Waals surface area contributed by atoms with Gasteiger partial charge in [-0.15, -0.1) is 0 Å². The summed E-state index contributed by atoms with van der Waals surface area (Å²) in [5.74, 6) is 0.155. The van der Waals surface area contributed by atoms with Gasteiger partial charge in [0.1, 0.15) is 6.54 Å². The van der Waals surface area contributed by atoms with E-state index in [1.807, 2.05) is 0 Å². The molecule has 1 aliphatic rings. The Labute approximate surface area is 84.1 Å². The Balaban J connectivity index is 2.36. The van der Waals surface area contributed by atoms with Crippen molar-refractivity contribution in [1.29, 1.82) is 5.26 Å². The molecule has 80 valence electrons. The third-order valence-electron chi connectivity index (χ3n) is 2.32. The molecule has 6 heteroatoms. The van der Waals surface area contributed by atoms with Gasteiger partial charge in [0.25, 0.3) is 0 Å². The summed E-state index contributed by atoms with van der Waals surface area (Å²) < 4.78 is 38.2. The number of hydrogen-bond acceptors (Lipinski definition) is 2. The molecular weight excluding hydrogens is 207 g/mol. The number of nitriles is 1. The molecule has 0 radical (unpaired) electrons. The molecule has 0 bridgehead atoms. The summed E-state index contributed by atoms with van der Waals surface area (Å²) in [5.41, 5.74) is -0.372. The van der Waals surface area contributed by atoms with Crippen molar-refractivity contribution in [2.24, 2.45) is 0 Å². The first-order chi connectivity index (χ1) is 7.02. The molecule has 0 amide bonds. The van der Waals surface area contributed by atoms with Crippen molar-refractivity contribution in [1.82, 2.24) is 9.78 Å². The van der Waals surface area contributed by atoms with Crippen molar-refractivity contribution in [2.45, 2.75) is 31.5 Å². The lowest BCUT2D eigenvalue weighted by Crippen LogP contribution is -2.08. The largest absolute Gasteiger partial charge is 0.435 e. The van der Waals surface area contributed by atoms with E-state index in [0.29, 0.717) is 5.69 Å². The van der Waals surface area contributed by atoms with Gasteiger partial charge in [0.05, 0.1) is 6.07 Å². The van der Waals surface area contributed by atoms with Crippen molar-refractivity contribution in [3.8, 4) is 6.07 Å². The summed E-state index contributed by atoms with van der Waals surface area (Å²) in [4.78, 5) is 0. The maximum absolute atomic E-state index is 12.3. The highest BCUT2D eigenvalue weighted by Gasteiger charge is 2.37. The Kier molecular flexibility index (Phi) is 2.18. The maximum Gasteiger partial charge on any atom is 0.435 e. The Morgan fingerprint density at radius 2 is 2.20 bits per heavy atom. The van der Waals surface area contributed by atoms with Crippen LogP contribution in [0.4, 0.5) is 13.2 Å². The van der Waals surface area contributed by atoms with Gasteiger partial charge in [-0.2, -0.15) is 23.5 Å². The van der Waals surface area contributed by atoms with Gasteiger partial charge >= 0.3 is 6.18 Å². The molecule has 0 aromatic carbocycles. The Morgan fingerprint density at radius 3 is 2.67 bits per heavy atom. The zero-order valence-corrected chi connectivity index (χ0v) is 7.75. The Hall–Kier alpha value is -1.51. The Bertz CT molecular complexity index is 409. The van der Waals surface area contributed by atoms with Crippen LogP contribution >= 0.6 is 0 Å². The fourth-order valence-electron chi connectivity index (χ4n) is 1.47. The number of halogens is 3. The molecule has 1 aliphatic carbocycles. The van der Waals surface area contributed by atoms with Crippen LogP contribution < -0.4 is 0 Å². The molecule has 1 aromatic rings. The fraction of sp³-hybridized carbons (Fsp3) is 0.556. The van der Waals surface area contributed by atoms with E-state index in [-0.39, 0.29) is 12.5 Å². The van der Waals surface area contributed by atoms with E-state index in [4.69, 9.17) is 5.26 Å². The number of aromatic nitrogens is 2. The molecule has 0 N–H and O–H groups in total. The average Bonchev–Trinajstić information content (AvgIpc) is 2.87. The normalized spacial score (nSPS) is 16.4. The molecule has 0 spiro atoms. The van der Waals surface area contributed by atoms with E-state index in [9.17, 15) is 13.2 Å². The number of nitrogens with zero attached hydrogens (tertiary/aromatic N) is 3. The topological polar surface area (TPSA) is 41.6 Å². The van der Waals surface area contributed by atoms with Gasteiger partial charge in [0.2, 0.25) is 0 Å². The summed E-state index contributed by atoms with van der Waals surface area (Å²) in [6, 6.07) is 2.86. The lowest BCUT2D eigenvalue weighted by molar-refractivity contribution is -0.141. The highest BCUT2D eigenvalue weighted by Crippen LogP contribution is 2.41. The average molecular weight is 215 g/mol. The predicted molar refractivity (Wildman–Crippen MR) is 44.8 cm³/mol. The van der Waals surface area contributed by atoms with Gasteiger partial charge < -0.3 is 0 Å². The van der Waals surface area contributed by atoms with Crippen molar-refractivity contribution >= 4 is 0 Å². The van der Waals surface area contributed by atoms with Crippen LogP contribution in [0.2, 0.25) is 0 Å². The van der Waals surface area contributed by atoms with Gasteiger partial charge in [-0.1, -0.05) is 0 Å². The zero-order valence-electron chi connectivity index (χ0n) is 7.75. The molecule has 0 saturated heterocycles. The van der Waals surface area contributed by atoms with Crippen LogP contribution in [0.1, 0.15) is 30.1 Å². The summed E-state index contributed by atoms with van der Waals surface area (Å²) in [6.45, 7) is -0.123. The standard InChI is InChI=1S/C9H8F3N3/c10-9(11,12)8-5-7(6-1-2-6)15(14-8)4-3-13/h5-6H,1-2,4H2. The third kappa shape index (κ3) is 1.96. The molecule has 1 saturated carbocycles. The highest BCUT2D eigenvalue weighted by molar-refractivity contribution is 5.21. The van der Waals surface area contributed by atoms with Crippen molar-refractivity contribution < 1.29 is 13.2 Å². The smallest absolute Gasteiger partial charge is 0.255 e. The third-order valence-corrected chi connectivity index (χ3v) is 2.32. The van der Waals surface area contributed by atoms with Crippen molar-refractivity contribution in [3.05, 3.63) is 17.5 Å². The van der Waals surface area contributed by atoms with E-state index < -0.39 is 11.9 Å². The van der Waals surface area contributed by atoms with Crippen molar-refractivity contribution in [2.75, 3.05) is 0 Å². The fourth-order valence-corrected chi connectivity index (χ4v) is 1.47. The number of hydrogen-bond donors (Lipinski definition) is 0. The molecule has 1 heterocycles. The molecule has 0 atom stereocenters. The van der Waals surface area contributed by atoms with Crippen LogP contribution in [0.5, 0.6) is 0 Å². The SMILES string of the molecule is N#CCn1nc(C(F)(F)F)cc1C1CC1. The minimum Gasteiger partial charge on any atom is -0.255 e. The maximum atomic E-state index is 12.3. The molecule has 0 aliphatic heterocycles. The minimum absolute atomic E-state index is 0.123. The summed E-state index contributed by atoms with van der Waals surface area (Å²) in [7, 11) is 0. The van der Waals surface area contributed by atoms with E-state index >= 15 is 0 Å². The Morgan fingerprint density at radius 1 is 1.53 bits per heavy atom. The predicted octanol–water partition coefficient (Wildman–Crippen LogP) is 2.30. The van der Waals surface area contributed by atoms with Crippen LogP contribution in [0.3, 0.4) is 0 Å². The molecule has 1 fully saturated rings. The lowest BCUT2D eigenvalue weighted by atomic mass is 10.2. The van der Waals surface area contributed by atoms with Crippen LogP contribution in [-0.4, -0.2) is 9.78 Å². The van der Waals surface area contributed by atoms with Crippen LogP contribution in [0.25, 0.3) is 0 Å². The molecular formula is C9H8F3N3. The van der Waals surface area contributed by atoms with Crippen LogP contribution in [0.15, 0.2) is 6.07 Å². The molecule has 1 aromatic heterocycles. The number of alkyl halides is 3. The van der Waals surface area contributed by atoms with Crippen LogP contribution in [-0.2, 0) is 12.7 Å². The second-order valence-electron chi connectivity index (χ2n) is 3.54. The second-order valence-corrected chi connectivity index (χ2v) is 3.54. The molecule has 0 unspecified atom stereocenters. The highest BCUT2D eigenvalue weighted by atomic mass is 19.4. The van der Waals surface area contributed by atoms with Gasteiger partial charge in [-0.05, 0) is 18.9 Å². The summed E-state index contributed by atoms with van der Waals surface area (Å²) in [5, 5.41) is 11.9. The summed E-state index contributed by atoms with van der Waals surface area (Å²) in [6.07, 6.45) is -2.66. The molecule has 3 nitrogen and oxygen atoms in total. The zero-order chi connectivity index (χ0) is 11.1. The van der Waals surface area contributed by atoms with Gasteiger partial charge in [-0.25, -0.2) is 0 Å². The van der Waals surface area contributed by atoms with E-state index in [0.717, 1.165) is 23.6 Å². The quantitative estimate of drug-likeness (QED) is 0.759. The van der Waals surface area contributed by atoms with E-state index in [1.165, 1.54) is 0 Å². The molecule has 15 heavy (non-hydrogen) atoms. The first kappa shape index (κ1) is 10.0. The van der Waals surface area contributed by atoms with Crippen molar-refractivity contribution in [3.63, 3.8) is 0 Å². The monoisotopic (exact) mass is 215 g/mol. The summed E-state index contributed by atoms with van der Waals surface area (Å²) >= 11 is 0. The van der Waals surface area contributed by atoms with Gasteiger partial charge in [0.15, 0.2) is 5.69 Å². The minimum atomic E-state index is -4.43. The lowest BCUT2D eigenvalue weighted by Gasteiger charge is -2.00. The first-order valence-corrected chi connectivity index (χ1v) is 4.54. The van der Waals surface area contributed by atoms with E-state index in [1.54, 1.807) is 6.07 Å². The van der Waals surface area contributed by atoms with Gasteiger partial charge in [-0.3, -0.25) is 4.68 Å². The second kappa shape index (κ2) is 3.26.